The Hall–Kier alpha value is -8.07. The number of nitriles is 2. The zero-order valence-electron chi connectivity index (χ0n) is 62.5. The molecule has 0 fully saturated rings. The first-order chi connectivity index (χ1) is 46.5. The van der Waals surface area contributed by atoms with Gasteiger partial charge < -0.3 is 0 Å². The number of aryl methyl sites for hydroxylation is 3. The van der Waals surface area contributed by atoms with E-state index in [1.165, 1.54) is 64.8 Å². The molecule has 104 heavy (non-hydrogen) atoms. The van der Waals surface area contributed by atoms with E-state index in [0.29, 0.717) is 63.8 Å². The molecule has 0 unspecified atom stereocenters. The Morgan fingerprint density at radius 2 is 0.750 bits per heavy atom. The summed E-state index contributed by atoms with van der Waals surface area (Å²) in [6.45, 7) is 44.9. The van der Waals surface area contributed by atoms with Crippen molar-refractivity contribution in [3.8, 4) is 12.1 Å². The average molecular weight is 1480 g/mol. The molecule has 0 aliphatic carbocycles. The molecular formula is C93H135Cl3FN7. The molecule has 0 aliphatic rings. The van der Waals surface area contributed by atoms with Crippen molar-refractivity contribution in [2.75, 3.05) is 0 Å². The van der Waals surface area contributed by atoms with E-state index in [1.54, 1.807) is 36.2 Å². The minimum absolute atomic E-state index is 0. The van der Waals surface area contributed by atoms with Gasteiger partial charge in [-0.05, 0) is 190 Å². The number of unbranched alkanes of at least 4 members (excludes halogenated alkanes) is 1. The summed E-state index contributed by atoms with van der Waals surface area (Å²) in [4.78, 5) is 11.0. The Morgan fingerprint density at radius 3 is 1.11 bits per heavy atom. The van der Waals surface area contributed by atoms with Crippen LogP contribution in [0.25, 0.3) is 10.4 Å². The molecule has 0 bridgehead atoms. The minimum atomic E-state index is -0.278. The molecule has 570 valence electrons. The fraction of sp³-hybridized carbons (Fsp3) is 0.419. The van der Waals surface area contributed by atoms with E-state index in [9.17, 15) is 4.39 Å². The third kappa shape index (κ3) is 41.4. The summed E-state index contributed by atoms with van der Waals surface area (Å²) in [5, 5.41) is 23.2. The molecule has 0 spiro atoms. The molecule has 0 amide bonds. The van der Waals surface area contributed by atoms with E-state index in [1.807, 2.05) is 107 Å². The fourth-order valence-electron chi connectivity index (χ4n) is 10.1. The molecule has 0 atom stereocenters. The lowest BCUT2D eigenvalue weighted by Crippen LogP contribution is -1.95. The lowest BCUT2D eigenvalue weighted by Gasteiger charge is -2.11. The van der Waals surface area contributed by atoms with E-state index < -0.39 is 0 Å². The minimum Gasteiger partial charge on any atom is -0.260 e. The highest BCUT2D eigenvalue weighted by atomic mass is 35.5. The maximum atomic E-state index is 12.5. The van der Waals surface area contributed by atoms with Crippen LogP contribution >= 0.6 is 34.8 Å². The van der Waals surface area contributed by atoms with Crippen molar-refractivity contribution >= 4 is 40.5 Å². The number of halogens is 4. The van der Waals surface area contributed by atoms with Gasteiger partial charge in [0.25, 0.3) is 0 Å². The van der Waals surface area contributed by atoms with Crippen LogP contribution < -0.4 is 0 Å². The number of aromatic nitrogens is 2. The molecule has 0 radical (unpaired) electrons. The second-order valence-corrected chi connectivity index (χ2v) is 27.7. The van der Waals surface area contributed by atoms with E-state index in [0.717, 1.165) is 49.4 Å². The maximum absolute atomic E-state index is 12.5. The number of pyridine rings is 2. The largest absolute Gasteiger partial charge is 0.260 e. The van der Waals surface area contributed by atoms with Gasteiger partial charge >= 0.3 is 0 Å². The summed E-state index contributed by atoms with van der Waals surface area (Å²) in [5.74, 6) is 4.13. The molecule has 9 aromatic rings. The number of nitrogens with zero attached hydrogens (tertiary/aromatic N) is 7. The van der Waals surface area contributed by atoms with Gasteiger partial charge in [-0.25, -0.2) is 4.39 Å². The van der Waals surface area contributed by atoms with Crippen molar-refractivity contribution < 1.29 is 4.39 Å². The van der Waals surface area contributed by atoms with Gasteiger partial charge in [-0.15, -0.1) is 0 Å². The van der Waals surface area contributed by atoms with E-state index >= 15 is 0 Å². The number of benzene rings is 7. The van der Waals surface area contributed by atoms with Crippen LogP contribution in [0.4, 0.5) is 10.1 Å². The molecule has 0 saturated carbocycles. The summed E-state index contributed by atoms with van der Waals surface area (Å²) in [7, 11) is 0. The summed E-state index contributed by atoms with van der Waals surface area (Å²) < 4.78 is 12.5. The van der Waals surface area contributed by atoms with Gasteiger partial charge in [0, 0.05) is 33.0 Å². The Bertz CT molecular complexity index is 3570. The van der Waals surface area contributed by atoms with Gasteiger partial charge in [-0.2, -0.15) is 10.5 Å². The predicted octanol–water partition coefficient (Wildman–Crippen LogP) is 32.6. The van der Waals surface area contributed by atoms with Crippen molar-refractivity contribution in [2.24, 2.45) is 5.11 Å². The van der Waals surface area contributed by atoms with Crippen molar-refractivity contribution in [1.29, 1.82) is 10.5 Å². The van der Waals surface area contributed by atoms with Gasteiger partial charge in [-0.1, -0.05) is 362 Å². The van der Waals surface area contributed by atoms with Crippen LogP contribution in [0.3, 0.4) is 0 Å². The van der Waals surface area contributed by atoms with Gasteiger partial charge in [0.1, 0.15) is 11.9 Å². The topological polar surface area (TPSA) is 122 Å². The first kappa shape index (κ1) is 107. The van der Waals surface area contributed by atoms with E-state index in [-0.39, 0.29) is 50.4 Å². The second-order valence-electron chi connectivity index (χ2n) is 26.5. The van der Waals surface area contributed by atoms with Gasteiger partial charge in [0.2, 0.25) is 0 Å². The Kier molecular flexibility index (Phi) is 61.9. The monoisotopic (exact) mass is 1470 g/mol. The van der Waals surface area contributed by atoms with E-state index in [4.69, 9.17) is 50.9 Å². The third-order valence-corrected chi connectivity index (χ3v) is 16.5. The first-order valence-corrected chi connectivity index (χ1v) is 35.6. The molecule has 11 heteroatoms. The zero-order valence-corrected chi connectivity index (χ0v) is 64.8. The van der Waals surface area contributed by atoms with Gasteiger partial charge in [0.15, 0.2) is 0 Å². The summed E-state index contributed by atoms with van der Waals surface area (Å²) in [6, 6.07) is 65.3. The summed E-state index contributed by atoms with van der Waals surface area (Å²) in [5.41, 5.74) is 25.6. The van der Waals surface area contributed by atoms with Crippen molar-refractivity contribution in [3.63, 3.8) is 0 Å². The molecule has 0 saturated heterocycles. The molecule has 2 heterocycles. The van der Waals surface area contributed by atoms with Gasteiger partial charge in [0.05, 0.1) is 33.6 Å². The maximum Gasteiger partial charge on any atom is 0.124 e. The predicted molar refractivity (Wildman–Crippen MR) is 462 cm³/mol. The van der Waals surface area contributed by atoms with Crippen molar-refractivity contribution in [3.05, 3.63) is 310 Å². The molecule has 0 aliphatic heterocycles. The molecular weight excluding hydrogens is 1340 g/mol. The summed E-state index contributed by atoms with van der Waals surface area (Å²) >= 11 is 17.6. The average Bonchev–Trinajstić information content (AvgIpc) is 0.874. The lowest BCUT2D eigenvalue weighted by atomic mass is 9.94. The molecule has 7 nitrogen and oxygen atoms in total. The Balaban J connectivity index is -0.000000258. The van der Waals surface area contributed by atoms with E-state index in [2.05, 4.69) is 229 Å². The second kappa shape index (κ2) is 60.2. The van der Waals surface area contributed by atoms with Crippen LogP contribution in [0, 0.1) is 42.3 Å². The van der Waals surface area contributed by atoms with Crippen molar-refractivity contribution in [2.45, 2.75) is 262 Å². The summed E-state index contributed by atoms with van der Waals surface area (Å²) in [6.07, 6.45) is 7.32. The van der Waals surface area contributed by atoms with Gasteiger partial charge in [-0.3, -0.25) is 9.97 Å². The quantitative estimate of drug-likeness (QED) is 0.0648. The number of hydrogen-bond acceptors (Lipinski definition) is 5. The highest BCUT2D eigenvalue weighted by molar-refractivity contribution is 6.32. The number of hydrogen-bond donors (Lipinski definition) is 0. The lowest BCUT2D eigenvalue weighted by molar-refractivity contribution is 0.626. The Morgan fingerprint density at radius 1 is 0.394 bits per heavy atom. The molecule has 0 N–H and O–H groups in total. The standard InChI is InChI=1S/C13H20.C10H11N.2C10H14.C9H10ClF.C9H11Cl.C9H11N3.C9H10N2.C8H10ClN.6CH4/c1-4-5-8-12-9-6-7-10-13(12)11(2)3;1-8(2)10-6-4-3-5-9(10)7-11;2*1-8(2)10-7-5-4-6-9(10)3;1-6(2)8-4-3-7(11)5-9(8)10;1-7(2)8-5-3-4-6-9(8)10;1-7(2)8-5-3-4-6-9(8)11-12-10;1-7(2)9-8(6-10)4-3-5-11-9;1-6(2)8-7(9)4-3-5-10-8;;;;;;/h6-7,9-11H,4-5,8H2,1-3H3;3-6,8H,1-2H3;2*4-8H,1-3H3;3-6H,1-2H3;3-7H,1-2H3;3-7H,1-2H3;3-5,7H,1-2H3;3-6H,1-2H3;6*1H4. The fourth-order valence-corrected chi connectivity index (χ4v) is 11.2. The van der Waals surface area contributed by atoms with Crippen LogP contribution in [0.1, 0.15) is 320 Å². The smallest absolute Gasteiger partial charge is 0.124 e. The highest BCUT2D eigenvalue weighted by Gasteiger charge is 2.10. The van der Waals surface area contributed by atoms with Crippen LogP contribution in [0.2, 0.25) is 15.1 Å². The first-order valence-electron chi connectivity index (χ1n) is 34.5. The van der Waals surface area contributed by atoms with Crippen LogP contribution in [0.5, 0.6) is 0 Å². The van der Waals surface area contributed by atoms with Crippen LogP contribution in [-0.4, -0.2) is 9.97 Å². The van der Waals surface area contributed by atoms with Crippen molar-refractivity contribution in [1.82, 2.24) is 9.97 Å². The zero-order chi connectivity index (χ0) is 73.9. The molecule has 7 aromatic carbocycles. The molecule has 9 rings (SSSR count). The number of azide groups is 1. The number of rotatable bonds is 13. The highest BCUT2D eigenvalue weighted by Crippen LogP contribution is 2.28. The third-order valence-electron chi connectivity index (χ3n) is 15.5. The molecule has 2 aromatic heterocycles. The van der Waals surface area contributed by atoms with Crippen LogP contribution in [0.15, 0.2) is 206 Å². The van der Waals surface area contributed by atoms with Crippen LogP contribution in [-0.2, 0) is 6.42 Å². The Labute approximate surface area is 650 Å². The SMILES string of the molecule is C.C.C.C.C.C.CC(C)c1ccc(F)cc1Cl.CC(C)c1ccccc1C#N.CC(C)c1ccccc1Cl.CC(C)c1ccccc1N=[N+]=[N-].CC(C)c1ncccc1C#N.CC(C)c1ncccc1Cl.CCCCc1ccccc1C(C)C.Cc1ccccc1C(C)C.Cc1ccccc1C(C)C. The normalized spacial score (nSPS) is 9.62.